The number of likely N-dealkylation sites (tertiary alicyclic amines) is 1. The summed E-state index contributed by atoms with van der Waals surface area (Å²) < 4.78 is 41.7. The zero-order valence-corrected chi connectivity index (χ0v) is 18.2. The Morgan fingerprint density at radius 2 is 1.76 bits per heavy atom. The first-order chi connectivity index (χ1) is 13.8. The minimum atomic E-state index is -3.70. The number of nitrogens with one attached hydrogen (secondary N) is 1. The predicted octanol–water partition coefficient (Wildman–Crippen LogP) is 3.59. The molecule has 0 spiro atoms. The molecule has 1 heterocycles. The molecule has 29 heavy (non-hydrogen) atoms. The van der Waals surface area contributed by atoms with Gasteiger partial charge in [-0.25, -0.2) is 17.5 Å². The van der Waals surface area contributed by atoms with E-state index in [0.717, 1.165) is 35.0 Å². The molecule has 4 rings (SSSR count). The van der Waals surface area contributed by atoms with Gasteiger partial charge in [0.2, 0.25) is 15.9 Å². The highest BCUT2D eigenvalue weighted by Crippen LogP contribution is 2.50. The molecule has 2 aromatic carbocycles. The van der Waals surface area contributed by atoms with Crippen molar-refractivity contribution >= 4 is 31.9 Å². The van der Waals surface area contributed by atoms with E-state index < -0.39 is 21.3 Å². The molecule has 0 bridgehead atoms. The molecule has 8 heteroatoms. The maximum Gasteiger partial charge on any atom is 0.240 e. The number of halogens is 2. The van der Waals surface area contributed by atoms with E-state index in [0.29, 0.717) is 25.9 Å². The SMILES string of the molecule is O=C(N1CCC(NS(=O)(=O)c2ccc(F)cc2)CC1)C1(c2cccc(Br)c2)CC1. The molecule has 154 valence electrons. The van der Waals surface area contributed by atoms with Crippen molar-refractivity contribution in [3.63, 3.8) is 0 Å². The third kappa shape index (κ3) is 4.25. The molecule has 0 atom stereocenters. The number of amides is 1. The molecule has 5 nitrogen and oxygen atoms in total. The molecule has 0 unspecified atom stereocenters. The van der Waals surface area contributed by atoms with Gasteiger partial charge in [-0.05, 0) is 67.6 Å². The van der Waals surface area contributed by atoms with Crippen LogP contribution in [0.4, 0.5) is 4.39 Å². The van der Waals surface area contributed by atoms with Gasteiger partial charge in [0.05, 0.1) is 10.3 Å². The van der Waals surface area contributed by atoms with Crippen LogP contribution in [0.3, 0.4) is 0 Å². The number of rotatable bonds is 5. The van der Waals surface area contributed by atoms with Gasteiger partial charge in [0.15, 0.2) is 0 Å². The van der Waals surface area contributed by atoms with Gasteiger partial charge < -0.3 is 4.90 Å². The van der Waals surface area contributed by atoms with Gasteiger partial charge in [-0.2, -0.15) is 0 Å². The van der Waals surface area contributed by atoms with Crippen molar-refractivity contribution in [2.75, 3.05) is 13.1 Å². The van der Waals surface area contributed by atoms with Gasteiger partial charge in [-0.15, -0.1) is 0 Å². The second kappa shape index (κ2) is 7.81. The molecule has 0 aromatic heterocycles. The van der Waals surface area contributed by atoms with Crippen LogP contribution in [-0.4, -0.2) is 38.4 Å². The van der Waals surface area contributed by atoms with E-state index in [1.54, 1.807) is 0 Å². The second-order valence-corrected chi connectivity index (χ2v) is 10.4. The van der Waals surface area contributed by atoms with E-state index >= 15 is 0 Å². The van der Waals surface area contributed by atoms with Crippen molar-refractivity contribution in [2.45, 2.75) is 42.0 Å². The average molecular weight is 481 g/mol. The number of hydrogen-bond acceptors (Lipinski definition) is 3. The molecule has 1 aliphatic heterocycles. The number of carbonyl (C=O) groups excluding carboxylic acids is 1. The summed E-state index contributed by atoms with van der Waals surface area (Å²) in [6.07, 6.45) is 2.81. The van der Waals surface area contributed by atoms with Crippen LogP contribution in [-0.2, 0) is 20.2 Å². The quantitative estimate of drug-likeness (QED) is 0.710. The summed E-state index contributed by atoms with van der Waals surface area (Å²) in [6, 6.07) is 12.4. The van der Waals surface area contributed by atoms with Crippen molar-refractivity contribution in [1.29, 1.82) is 0 Å². The summed E-state index contributed by atoms with van der Waals surface area (Å²) in [4.78, 5) is 15.1. The number of nitrogens with zero attached hydrogens (tertiary/aromatic N) is 1. The van der Waals surface area contributed by atoms with E-state index in [9.17, 15) is 17.6 Å². The largest absolute Gasteiger partial charge is 0.342 e. The third-order valence-electron chi connectivity index (χ3n) is 5.76. The molecule has 0 radical (unpaired) electrons. The van der Waals surface area contributed by atoms with Crippen molar-refractivity contribution in [2.24, 2.45) is 0 Å². The van der Waals surface area contributed by atoms with Crippen LogP contribution >= 0.6 is 15.9 Å². The van der Waals surface area contributed by atoms with Crippen LogP contribution in [0.25, 0.3) is 0 Å². The maximum absolute atomic E-state index is 13.2. The molecule has 1 aliphatic carbocycles. The minimum absolute atomic E-state index is 0.0454. The Balaban J connectivity index is 1.38. The number of hydrogen-bond donors (Lipinski definition) is 1. The lowest BCUT2D eigenvalue weighted by Crippen LogP contribution is -2.49. The lowest BCUT2D eigenvalue weighted by molar-refractivity contribution is -0.135. The first-order valence-electron chi connectivity index (χ1n) is 9.63. The smallest absolute Gasteiger partial charge is 0.240 e. The van der Waals surface area contributed by atoms with E-state index in [2.05, 4.69) is 20.7 Å². The fourth-order valence-electron chi connectivity index (χ4n) is 3.94. The lowest BCUT2D eigenvalue weighted by atomic mass is 9.93. The fraction of sp³-hybridized carbons (Fsp3) is 0.381. The normalized spacial score (nSPS) is 19.2. The maximum atomic E-state index is 13.2. The molecule has 1 amide bonds. The first-order valence-corrected chi connectivity index (χ1v) is 11.9. The average Bonchev–Trinajstić information content (AvgIpc) is 3.50. The van der Waals surface area contributed by atoms with Crippen molar-refractivity contribution < 1.29 is 17.6 Å². The highest BCUT2D eigenvalue weighted by molar-refractivity contribution is 9.10. The summed E-state index contributed by atoms with van der Waals surface area (Å²) in [7, 11) is -3.70. The summed E-state index contributed by atoms with van der Waals surface area (Å²) in [5, 5.41) is 0. The summed E-state index contributed by atoms with van der Waals surface area (Å²) in [5.74, 6) is -0.342. The predicted molar refractivity (Wildman–Crippen MR) is 111 cm³/mol. The van der Waals surface area contributed by atoms with Crippen LogP contribution < -0.4 is 4.72 Å². The third-order valence-corrected chi connectivity index (χ3v) is 7.79. The number of sulfonamides is 1. The highest BCUT2D eigenvalue weighted by Gasteiger charge is 2.53. The molecular weight excluding hydrogens is 459 g/mol. The summed E-state index contributed by atoms with van der Waals surface area (Å²) in [5.41, 5.74) is 0.612. The Bertz CT molecular complexity index is 1010. The van der Waals surface area contributed by atoms with E-state index in [1.807, 2.05) is 29.2 Å². The zero-order chi connectivity index (χ0) is 20.6. The van der Waals surface area contributed by atoms with Crippen LogP contribution in [0, 0.1) is 5.82 Å². The van der Waals surface area contributed by atoms with Gasteiger partial charge in [0, 0.05) is 23.6 Å². The molecular formula is C21H22BrFN2O3S. The second-order valence-electron chi connectivity index (χ2n) is 7.73. The van der Waals surface area contributed by atoms with E-state index in [4.69, 9.17) is 0 Å². The van der Waals surface area contributed by atoms with Crippen molar-refractivity contribution in [1.82, 2.24) is 9.62 Å². The Labute approximate surface area is 178 Å². The van der Waals surface area contributed by atoms with E-state index in [-0.39, 0.29) is 16.8 Å². The Morgan fingerprint density at radius 3 is 2.34 bits per heavy atom. The van der Waals surface area contributed by atoms with Gasteiger partial charge in [-0.1, -0.05) is 28.1 Å². The summed E-state index contributed by atoms with van der Waals surface area (Å²) >= 11 is 3.48. The Hall–Kier alpha value is -1.77. The first kappa shape index (κ1) is 20.5. The van der Waals surface area contributed by atoms with Gasteiger partial charge in [0.1, 0.15) is 5.82 Å². The molecule has 2 aromatic rings. The van der Waals surface area contributed by atoms with Crippen LogP contribution in [0.1, 0.15) is 31.2 Å². The van der Waals surface area contributed by atoms with Crippen LogP contribution in [0.5, 0.6) is 0 Å². The fourth-order valence-corrected chi connectivity index (χ4v) is 5.65. The topological polar surface area (TPSA) is 66.5 Å². The molecule has 2 fully saturated rings. The number of piperidine rings is 1. The standard InChI is InChI=1S/C21H22BrFN2O3S/c22-16-3-1-2-15(14-16)21(10-11-21)20(26)25-12-8-18(9-13-25)24-29(27,28)19-6-4-17(23)5-7-19/h1-7,14,18,24H,8-13H2. The number of benzene rings is 2. The molecule has 1 saturated carbocycles. The zero-order valence-electron chi connectivity index (χ0n) is 15.8. The minimum Gasteiger partial charge on any atom is -0.342 e. The monoisotopic (exact) mass is 480 g/mol. The Morgan fingerprint density at radius 1 is 1.10 bits per heavy atom. The molecule has 1 saturated heterocycles. The van der Waals surface area contributed by atoms with Gasteiger partial charge >= 0.3 is 0 Å². The van der Waals surface area contributed by atoms with Gasteiger partial charge in [0.25, 0.3) is 0 Å². The lowest BCUT2D eigenvalue weighted by Gasteiger charge is -2.34. The van der Waals surface area contributed by atoms with Crippen molar-refractivity contribution in [3.8, 4) is 0 Å². The molecule has 2 aliphatic rings. The van der Waals surface area contributed by atoms with Crippen LogP contribution in [0.2, 0.25) is 0 Å². The van der Waals surface area contributed by atoms with Crippen molar-refractivity contribution in [3.05, 3.63) is 64.4 Å². The molecule has 1 N–H and O–H groups in total. The van der Waals surface area contributed by atoms with E-state index in [1.165, 1.54) is 12.1 Å². The van der Waals surface area contributed by atoms with Gasteiger partial charge in [-0.3, -0.25) is 4.79 Å². The Kier molecular flexibility index (Phi) is 5.52. The number of carbonyl (C=O) groups is 1. The van der Waals surface area contributed by atoms with Crippen LogP contribution in [0.15, 0.2) is 57.9 Å². The highest BCUT2D eigenvalue weighted by atomic mass is 79.9. The summed E-state index contributed by atoms with van der Waals surface area (Å²) in [6.45, 7) is 1.04.